The van der Waals surface area contributed by atoms with Gasteiger partial charge in [0.05, 0.1) is 17.6 Å². The number of ether oxygens (including phenoxy) is 1. The van der Waals surface area contributed by atoms with Crippen LogP contribution in [0.3, 0.4) is 0 Å². The van der Waals surface area contributed by atoms with Crippen molar-refractivity contribution in [3.63, 3.8) is 0 Å². The number of benzene rings is 2. The molecule has 2 aromatic carbocycles. The van der Waals surface area contributed by atoms with E-state index in [9.17, 15) is 0 Å². The summed E-state index contributed by atoms with van der Waals surface area (Å²) in [6.45, 7) is 10.6. The van der Waals surface area contributed by atoms with E-state index in [1.165, 1.54) is 11.1 Å². The fraction of sp³-hybridized carbons (Fsp3) is 0.435. The standard InChI is InChI=1S/C23H30N2O/c1-5-18-12-14-19(15-13-18)26-17-9-8-16-25-21-11-7-6-10-20(21)24-22(25)23(2,3)4/h6-7,10-15H,5,8-9,16-17H2,1-4H3. The average Bonchev–Trinajstić information content (AvgIpc) is 3.01. The summed E-state index contributed by atoms with van der Waals surface area (Å²) in [4.78, 5) is 4.88. The molecular weight excluding hydrogens is 320 g/mol. The lowest BCUT2D eigenvalue weighted by Crippen LogP contribution is -2.19. The average molecular weight is 351 g/mol. The van der Waals surface area contributed by atoms with Gasteiger partial charge in [-0.25, -0.2) is 4.98 Å². The molecule has 26 heavy (non-hydrogen) atoms. The molecule has 0 bridgehead atoms. The third-order valence-corrected chi connectivity index (χ3v) is 4.70. The molecule has 0 amide bonds. The highest BCUT2D eigenvalue weighted by atomic mass is 16.5. The summed E-state index contributed by atoms with van der Waals surface area (Å²) in [6.07, 6.45) is 3.18. The first-order valence-electron chi connectivity index (χ1n) is 9.66. The molecule has 0 aliphatic heterocycles. The Morgan fingerprint density at radius 1 is 0.962 bits per heavy atom. The van der Waals surface area contributed by atoms with E-state index in [0.29, 0.717) is 0 Å². The lowest BCUT2D eigenvalue weighted by atomic mass is 9.95. The van der Waals surface area contributed by atoms with Crippen molar-refractivity contribution in [2.45, 2.75) is 58.9 Å². The number of imidazole rings is 1. The third-order valence-electron chi connectivity index (χ3n) is 4.70. The first kappa shape index (κ1) is 18.5. The fourth-order valence-corrected chi connectivity index (χ4v) is 3.26. The van der Waals surface area contributed by atoms with Crippen LogP contribution in [-0.4, -0.2) is 16.2 Å². The van der Waals surface area contributed by atoms with Crippen molar-refractivity contribution >= 4 is 11.0 Å². The summed E-state index contributed by atoms with van der Waals surface area (Å²) >= 11 is 0. The molecule has 1 aromatic heterocycles. The molecule has 3 nitrogen and oxygen atoms in total. The van der Waals surface area contributed by atoms with Crippen molar-refractivity contribution < 1.29 is 4.74 Å². The van der Waals surface area contributed by atoms with Crippen molar-refractivity contribution in [3.8, 4) is 5.75 Å². The Morgan fingerprint density at radius 3 is 2.38 bits per heavy atom. The second-order valence-corrected chi connectivity index (χ2v) is 7.88. The Hall–Kier alpha value is -2.29. The van der Waals surface area contributed by atoms with Crippen LogP contribution in [0.2, 0.25) is 0 Å². The van der Waals surface area contributed by atoms with Gasteiger partial charge in [-0.05, 0) is 49.1 Å². The number of nitrogens with zero attached hydrogens (tertiary/aromatic N) is 2. The van der Waals surface area contributed by atoms with Gasteiger partial charge in [0.25, 0.3) is 0 Å². The van der Waals surface area contributed by atoms with E-state index in [2.05, 4.69) is 80.8 Å². The smallest absolute Gasteiger partial charge is 0.119 e. The number of para-hydroxylation sites is 2. The predicted octanol–water partition coefficient (Wildman–Crippen LogP) is 5.76. The molecule has 0 atom stereocenters. The number of aromatic nitrogens is 2. The first-order valence-corrected chi connectivity index (χ1v) is 9.66. The Kier molecular flexibility index (Phi) is 5.65. The Bertz CT molecular complexity index is 841. The lowest BCUT2D eigenvalue weighted by Gasteiger charge is -2.20. The largest absolute Gasteiger partial charge is 0.494 e. The fourth-order valence-electron chi connectivity index (χ4n) is 3.26. The highest BCUT2D eigenvalue weighted by Gasteiger charge is 2.22. The number of hydrogen-bond donors (Lipinski definition) is 0. The summed E-state index contributed by atoms with van der Waals surface area (Å²) < 4.78 is 8.27. The van der Waals surface area contributed by atoms with Gasteiger partial charge in [-0.15, -0.1) is 0 Å². The van der Waals surface area contributed by atoms with Crippen LogP contribution in [0.25, 0.3) is 11.0 Å². The SMILES string of the molecule is CCc1ccc(OCCCCn2c(C(C)(C)C)nc3ccccc32)cc1. The lowest BCUT2D eigenvalue weighted by molar-refractivity contribution is 0.302. The summed E-state index contributed by atoms with van der Waals surface area (Å²) in [5.74, 6) is 2.13. The zero-order valence-corrected chi connectivity index (χ0v) is 16.5. The maximum Gasteiger partial charge on any atom is 0.119 e. The van der Waals surface area contributed by atoms with Crippen molar-refractivity contribution in [2.24, 2.45) is 0 Å². The van der Waals surface area contributed by atoms with E-state index < -0.39 is 0 Å². The van der Waals surface area contributed by atoms with Crippen LogP contribution in [0.15, 0.2) is 48.5 Å². The summed E-state index contributed by atoms with van der Waals surface area (Å²) in [5.41, 5.74) is 3.70. The first-order chi connectivity index (χ1) is 12.5. The maximum atomic E-state index is 5.89. The number of rotatable bonds is 7. The molecular formula is C23H30N2O. The van der Waals surface area contributed by atoms with Gasteiger partial charge in [0, 0.05) is 12.0 Å². The molecule has 3 aromatic rings. The monoisotopic (exact) mass is 350 g/mol. The van der Waals surface area contributed by atoms with Crippen LogP contribution < -0.4 is 4.74 Å². The number of aryl methyl sites for hydroxylation is 2. The molecule has 1 heterocycles. The Morgan fingerprint density at radius 2 is 1.69 bits per heavy atom. The Balaban J connectivity index is 1.59. The highest BCUT2D eigenvalue weighted by molar-refractivity contribution is 5.76. The van der Waals surface area contributed by atoms with Crippen molar-refractivity contribution in [3.05, 3.63) is 59.9 Å². The van der Waals surface area contributed by atoms with E-state index in [0.717, 1.165) is 49.5 Å². The van der Waals surface area contributed by atoms with E-state index >= 15 is 0 Å². The second kappa shape index (κ2) is 7.94. The predicted molar refractivity (Wildman–Crippen MR) is 109 cm³/mol. The minimum Gasteiger partial charge on any atom is -0.494 e. The number of fused-ring (bicyclic) bond motifs is 1. The second-order valence-electron chi connectivity index (χ2n) is 7.88. The zero-order chi connectivity index (χ0) is 18.6. The molecule has 3 rings (SSSR count). The van der Waals surface area contributed by atoms with Gasteiger partial charge in [0.1, 0.15) is 11.6 Å². The highest BCUT2D eigenvalue weighted by Crippen LogP contribution is 2.26. The topological polar surface area (TPSA) is 27.1 Å². The van der Waals surface area contributed by atoms with Gasteiger partial charge in [-0.1, -0.05) is 52.0 Å². The maximum absolute atomic E-state index is 5.89. The Labute approximate surface area is 157 Å². The normalized spacial score (nSPS) is 11.8. The molecule has 0 saturated carbocycles. The minimum atomic E-state index is 0.0382. The van der Waals surface area contributed by atoms with E-state index in [-0.39, 0.29) is 5.41 Å². The molecule has 0 aliphatic carbocycles. The number of unbranched alkanes of at least 4 members (excludes halogenated alkanes) is 1. The molecule has 0 fully saturated rings. The van der Waals surface area contributed by atoms with Crippen molar-refractivity contribution in [2.75, 3.05) is 6.61 Å². The minimum absolute atomic E-state index is 0.0382. The van der Waals surface area contributed by atoms with Gasteiger partial charge in [-0.3, -0.25) is 0 Å². The van der Waals surface area contributed by atoms with Gasteiger partial charge < -0.3 is 9.30 Å². The molecule has 3 heteroatoms. The van der Waals surface area contributed by atoms with Gasteiger partial charge >= 0.3 is 0 Å². The van der Waals surface area contributed by atoms with Crippen LogP contribution in [-0.2, 0) is 18.4 Å². The molecule has 138 valence electrons. The molecule has 0 spiro atoms. The van der Waals surface area contributed by atoms with Crippen LogP contribution in [0.5, 0.6) is 5.75 Å². The molecule has 0 unspecified atom stereocenters. The molecule has 0 aliphatic rings. The van der Waals surface area contributed by atoms with Crippen LogP contribution in [0.4, 0.5) is 0 Å². The van der Waals surface area contributed by atoms with E-state index in [4.69, 9.17) is 9.72 Å². The summed E-state index contributed by atoms with van der Waals surface area (Å²) in [6, 6.07) is 16.8. The van der Waals surface area contributed by atoms with Gasteiger partial charge in [-0.2, -0.15) is 0 Å². The van der Waals surface area contributed by atoms with Crippen LogP contribution >= 0.6 is 0 Å². The quantitative estimate of drug-likeness (QED) is 0.507. The summed E-state index contributed by atoms with van der Waals surface area (Å²) in [7, 11) is 0. The molecule has 0 saturated heterocycles. The third kappa shape index (κ3) is 4.27. The van der Waals surface area contributed by atoms with Gasteiger partial charge in [0.2, 0.25) is 0 Å². The van der Waals surface area contributed by atoms with Crippen molar-refractivity contribution in [1.29, 1.82) is 0 Å². The molecule has 0 radical (unpaired) electrons. The van der Waals surface area contributed by atoms with Crippen LogP contribution in [0.1, 0.15) is 51.9 Å². The van der Waals surface area contributed by atoms with E-state index in [1.807, 2.05) is 0 Å². The zero-order valence-electron chi connectivity index (χ0n) is 16.5. The van der Waals surface area contributed by atoms with Gasteiger partial charge in [0.15, 0.2) is 0 Å². The number of hydrogen-bond acceptors (Lipinski definition) is 2. The van der Waals surface area contributed by atoms with E-state index in [1.54, 1.807) is 0 Å². The molecule has 0 N–H and O–H groups in total. The summed E-state index contributed by atoms with van der Waals surface area (Å²) in [5, 5.41) is 0. The van der Waals surface area contributed by atoms with Crippen LogP contribution in [0, 0.1) is 0 Å². The van der Waals surface area contributed by atoms with Crippen molar-refractivity contribution in [1.82, 2.24) is 9.55 Å².